The van der Waals surface area contributed by atoms with Crippen molar-refractivity contribution >= 4 is 27.6 Å². The second kappa shape index (κ2) is 9.80. The van der Waals surface area contributed by atoms with Gasteiger partial charge in [0, 0.05) is 20.2 Å². The third-order valence-electron chi connectivity index (χ3n) is 5.34. The lowest BCUT2D eigenvalue weighted by molar-refractivity contribution is -0.123. The second-order valence-corrected chi connectivity index (χ2v) is 9.48. The lowest BCUT2D eigenvalue weighted by Gasteiger charge is -2.14. The SMILES string of the molecule is Cc1nn(C)c(C)c1NC(=O)C(C)OC(=O)c1ccc(S(=O)(=O)NCC2CCCO2)cc1. The van der Waals surface area contributed by atoms with E-state index in [4.69, 9.17) is 9.47 Å². The van der Waals surface area contributed by atoms with Crippen LogP contribution in [0.25, 0.3) is 0 Å². The zero-order chi connectivity index (χ0) is 23.5. The van der Waals surface area contributed by atoms with Crippen molar-refractivity contribution in [2.24, 2.45) is 7.05 Å². The summed E-state index contributed by atoms with van der Waals surface area (Å²) in [6, 6.07) is 5.34. The number of carbonyl (C=O) groups excluding carboxylic acids is 2. The van der Waals surface area contributed by atoms with Crippen molar-refractivity contribution in [2.75, 3.05) is 18.5 Å². The molecule has 11 heteroatoms. The lowest BCUT2D eigenvalue weighted by atomic mass is 10.2. The third kappa shape index (κ3) is 5.53. The van der Waals surface area contributed by atoms with Crippen LogP contribution in [0.4, 0.5) is 5.69 Å². The van der Waals surface area contributed by atoms with Crippen LogP contribution >= 0.6 is 0 Å². The van der Waals surface area contributed by atoms with Gasteiger partial charge in [0.15, 0.2) is 6.10 Å². The van der Waals surface area contributed by atoms with E-state index in [9.17, 15) is 18.0 Å². The van der Waals surface area contributed by atoms with Crippen molar-refractivity contribution in [3.8, 4) is 0 Å². The molecule has 174 valence electrons. The Labute approximate surface area is 187 Å². The van der Waals surface area contributed by atoms with Crippen molar-refractivity contribution in [3.05, 3.63) is 41.2 Å². The maximum atomic E-state index is 12.4. The van der Waals surface area contributed by atoms with Gasteiger partial charge in [-0.25, -0.2) is 17.9 Å². The molecule has 32 heavy (non-hydrogen) atoms. The van der Waals surface area contributed by atoms with Crippen LogP contribution in [0.3, 0.4) is 0 Å². The average Bonchev–Trinajstić information content (AvgIpc) is 3.36. The molecule has 1 amide bonds. The average molecular weight is 465 g/mol. The van der Waals surface area contributed by atoms with Gasteiger partial charge in [-0.1, -0.05) is 0 Å². The normalized spacial score (nSPS) is 17.2. The third-order valence-corrected chi connectivity index (χ3v) is 6.78. The van der Waals surface area contributed by atoms with Crippen molar-refractivity contribution in [1.29, 1.82) is 0 Å². The maximum absolute atomic E-state index is 12.4. The first-order chi connectivity index (χ1) is 15.1. The van der Waals surface area contributed by atoms with E-state index >= 15 is 0 Å². The van der Waals surface area contributed by atoms with Gasteiger partial charge in [-0.05, 0) is 57.9 Å². The fraction of sp³-hybridized carbons (Fsp3) is 0.476. The Hall–Kier alpha value is -2.76. The first-order valence-corrected chi connectivity index (χ1v) is 11.8. The maximum Gasteiger partial charge on any atom is 0.338 e. The van der Waals surface area contributed by atoms with Crippen LogP contribution in [0, 0.1) is 13.8 Å². The van der Waals surface area contributed by atoms with Crippen LogP contribution in [0.2, 0.25) is 0 Å². The van der Waals surface area contributed by atoms with Crippen LogP contribution in [0.1, 0.15) is 41.5 Å². The number of aromatic nitrogens is 2. The van der Waals surface area contributed by atoms with Crippen molar-refractivity contribution in [1.82, 2.24) is 14.5 Å². The minimum atomic E-state index is -3.72. The van der Waals surface area contributed by atoms with Gasteiger partial charge < -0.3 is 14.8 Å². The highest BCUT2D eigenvalue weighted by molar-refractivity contribution is 7.89. The highest BCUT2D eigenvalue weighted by Crippen LogP contribution is 2.19. The van der Waals surface area contributed by atoms with Gasteiger partial charge in [-0.3, -0.25) is 9.48 Å². The van der Waals surface area contributed by atoms with Crippen LogP contribution in [0.5, 0.6) is 0 Å². The number of anilines is 1. The summed E-state index contributed by atoms with van der Waals surface area (Å²) in [5.41, 5.74) is 2.14. The van der Waals surface area contributed by atoms with E-state index in [1.807, 2.05) is 6.92 Å². The quantitative estimate of drug-likeness (QED) is 0.569. The molecule has 3 rings (SSSR count). The van der Waals surface area contributed by atoms with Crippen molar-refractivity contribution < 1.29 is 27.5 Å². The Kier molecular flexibility index (Phi) is 7.32. The Bertz CT molecular complexity index is 1090. The van der Waals surface area contributed by atoms with Gasteiger partial charge in [-0.2, -0.15) is 5.10 Å². The van der Waals surface area contributed by atoms with Crippen molar-refractivity contribution in [2.45, 2.75) is 50.7 Å². The molecule has 1 saturated heterocycles. The first kappa shape index (κ1) is 23.9. The molecule has 2 aromatic rings. The molecule has 2 heterocycles. The summed E-state index contributed by atoms with van der Waals surface area (Å²) in [6.45, 7) is 5.89. The molecule has 0 saturated carbocycles. The minimum Gasteiger partial charge on any atom is -0.449 e. The number of sulfonamides is 1. The molecular weight excluding hydrogens is 436 g/mol. The summed E-state index contributed by atoms with van der Waals surface area (Å²) in [5, 5.41) is 6.95. The zero-order valence-electron chi connectivity index (χ0n) is 18.5. The van der Waals surface area contributed by atoms with Gasteiger partial charge in [0.2, 0.25) is 10.0 Å². The first-order valence-electron chi connectivity index (χ1n) is 10.3. The standard InChI is InChI=1S/C21H28N4O6S/c1-13-19(14(2)25(4)24-13)23-20(26)15(3)31-21(27)16-7-9-18(10-8-16)32(28,29)22-12-17-6-5-11-30-17/h7-10,15,17,22H,5-6,11-12H2,1-4H3,(H,23,26). The molecule has 0 bridgehead atoms. The number of rotatable bonds is 8. The number of ether oxygens (including phenoxy) is 2. The molecule has 1 aromatic carbocycles. The molecule has 10 nitrogen and oxygen atoms in total. The Morgan fingerprint density at radius 1 is 1.28 bits per heavy atom. The van der Waals surface area contributed by atoms with Gasteiger partial charge in [0.1, 0.15) is 0 Å². The number of aryl methyl sites for hydroxylation is 2. The van der Waals surface area contributed by atoms with E-state index in [1.54, 1.807) is 18.7 Å². The molecule has 0 spiro atoms. The molecule has 2 unspecified atom stereocenters. The van der Waals surface area contributed by atoms with Gasteiger partial charge in [0.25, 0.3) is 5.91 Å². The fourth-order valence-electron chi connectivity index (χ4n) is 3.32. The highest BCUT2D eigenvalue weighted by Gasteiger charge is 2.23. The Morgan fingerprint density at radius 2 is 1.97 bits per heavy atom. The van der Waals surface area contributed by atoms with Crippen LogP contribution in [0.15, 0.2) is 29.2 Å². The molecule has 1 fully saturated rings. The number of benzene rings is 1. The summed E-state index contributed by atoms with van der Waals surface area (Å²) < 4.78 is 39.7. The molecular formula is C21H28N4O6S. The van der Waals surface area contributed by atoms with Crippen LogP contribution < -0.4 is 10.0 Å². The molecule has 2 atom stereocenters. The summed E-state index contributed by atoms with van der Waals surface area (Å²) in [4.78, 5) is 24.9. The zero-order valence-corrected chi connectivity index (χ0v) is 19.4. The van der Waals surface area contributed by atoms with E-state index in [2.05, 4.69) is 15.1 Å². The Balaban J connectivity index is 1.58. The summed E-state index contributed by atoms with van der Waals surface area (Å²) in [5.74, 6) is -1.22. The molecule has 1 aliphatic rings. The second-order valence-electron chi connectivity index (χ2n) is 7.72. The fourth-order valence-corrected chi connectivity index (χ4v) is 4.39. The molecule has 2 N–H and O–H groups in total. The molecule has 0 aliphatic carbocycles. The minimum absolute atomic E-state index is 0.0281. The number of nitrogens with one attached hydrogen (secondary N) is 2. The van der Waals surface area contributed by atoms with Crippen LogP contribution in [-0.4, -0.2) is 55.4 Å². The smallest absolute Gasteiger partial charge is 0.338 e. The molecule has 1 aromatic heterocycles. The number of amides is 1. The summed E-state index contributed by atoms with van der Waals surface area (Å²) in [7, 11) is -1.95. The van der Waals surface area contributed by atoms with Gasteiger partial charge >= 0.3 is 5.97 Å². The van der Waals surface area contributed by atoms with E-state index in [0.717, 1.165) is 18.5 Å². The largest absolute Gasteiger partial charge is 0.449 e. The number of carbonyl (C=O) groups is 2. The van der Waals surface area contributed by atoms with Crippen molar-refractivity contribution in [3.63, 3.8) is 0 Å². The number of nitrogens with zero attached hydrogens (tertiary/aromatic N) is 2. The number of hydrogen-bond acceptors (Lipinski definition) is 7. The Morgan fingerprint density at radius 3 is 2.53 bits per heavy atom. The van der Waals surface area contributed by atoms with E-state index in [1.165, 1.54) is 31.2 Å². The molecule has 1 aliphatic heterocycles. The summed E-state index contributed by atoms with van der Waals surface area (Å²) in [6.07, 6.45) is 0.559. The van der Waals surface area contributed by atoms with E-state index < -0.39 is 28.0 Å². The highest BCUT2D eigenvalue weighted by atomic mass is 32.2. The monoisotopic (exact) mass is 464 g/mol. The molecule has 0 radical (unpaired) electrons. The number of esters is 1. The topological polar surface area (TPSA) is 129 Å². The summed E-state index contributed by atoms with van der Waals surface area (Å²) >= 11 is 0. The van der Waals surface area contributed by atoms with Gasteiger partial charge in [0.05, 0.1) is 33.6 Å². The number of hydrogen-bond donors (Lipinski definition) is 2. The van der Waals surface area contributed by atoms with Crippen LogP contribution in [-0.2, 0) is 31.3 Å². The lowest BCUT2D eigenvalue weighted by Crippen LogP contribution is -2.32. The predicted molar refractivity (Wildman–Crippen MR) is 117 cm³/mol. The van der Waals surface area contributed by atoms with Gasteiger partial charge in [-0.15, -0.1) is 0 Å². The van der Waals surface area contributed by atoms with E-state index in [-0.39, 0.29) is 23.1 Å². The van der Waals surface area contributed by atoms with E-state index in [0.29, 0.717) is 18.0 Å². The predicted octanol–water partition coefficient (Wildman–Crippen LogP) is 1.68.